The Morgan fingerprint density at radius 3 is 3.09 bits per heavy atom. The van der Waals surface area contributed by atoms with E-state index in [1.807, 2.05) is 12.3 Å². The molecule has 0 amide bonds. The molecule has 1 aliphatic heterocycles. The number of aromatic nitrogens is 1. The number of rotatable bonds is 1. The maximum atomic E-state index is 5.59. The van der Waals surface area contributed by atoms with Crippen molar-refractivity contribution in [2.45, 2.75) is 25.4 Å². The number of hydrogen-bond acceptors (Lipinski definition) is 1. The van der Waals surface area contributed by atoms with E-state index in [0.717, 1.165) is 6.61 Å². The lowest BCUT2D eigenvalue weighted by atomic mass is 10.1. The highest BCUT2D eigenvalue weighted by molar-refractivity contribution is 5.07. The van der Waals surface area contributed by atoms with Gasteiger partial charge in [0.15, 0.2) is 0 Å². The summed E-state index contributed by atoms with van der Waals surface area (Å²) in [6.07, 6.45) is 5.97. The second-order valence-corrected chi connectivity index (χ2v) is 2.98. The van der Waals surface area contributed by atoms with Gasteiger partial charge >= 0.3 is 0 Å². The zero-order valence-electron chi connectivity index (χ0n) is 6.55. The van der Waals surface area contributed by atoms with Crippen molar-refractivity contribution in [2.24, 2.45) is 0 Å². The number of aromatic amines is 1. The van der Waals surface area contributed by atoms with Gasteiger partial charge in [0.1, 0.15) is 0 Å². The summed E-state index contributed by atoms with van der Waals surface area (Å²) in [6, 6.07) is 4.11. The molecule has 60 valence electrons. The lowest BCUT2D eigenvalue weighted by molar-refractivity contribution is 0.0126. The number of H-pyrrole nitrogens is 1. The summed E-state index contributed by atoms with van der Waals surface area (Å²) >= 11 is 0. The Morgan fingerprint density at radius 2 is 2.45 bits per heavy atom. The van der Waals surface area contributed by atoms with Crippen LogP contribution in [-0.2, 0) is 4.74 Å². The van der Waals surface area contributed by atoms with Crippen LogP contribution in [0.3, 0.4) is 0 Å². The highest BCUT2D eigenvalue weighted by atomic mass is 16.5. The molecule has 1 atom stereocenters. The van der Waals surface area contributed by atoms with E-state index < -0.39 is 0 Å². The highest BCUT2D eigenvalue weighted by Crippen LogP contribution is 2.25. The van der Waals surface area contributed by atoms with Crippen molar-refractivity contribution < 1.29 is 4.74 Å². The molecule has 1 N–H and O–H groups in total. The van der Waals surface area contributed by atoms with Crippen LogP contribution in [0.4, 0.5) is 0 Å². The summed E-state index contributed by atoms with van der Waals surface area (Å²) in [7, 11) is 0. The molecule has 1 aromatic heterocycles. The van der Waals surface area contributed by atoms with Crippen LogP contribution in [0.25, 0.3) is 0 Å². The van der Waals surface area contributed by atoms with Gasteiger partial charge in [-0.25, -0.2) is 0 Å². The van der Waals surface area contributed by atoms with Gasteiger partial charge < -0.3 is 9.72 Å². The quantitative estimate of drug-likeness (QED) is 0.654. The molecule has 1 fully saturated rings. The highest BCUT2D eigenvalue weighted by Gasteiger charge is 2.15. The van der Waals surface area contributed by atoms with Crippen LogP contribution in [0.2, 0.25) is 0 Å². The molecule has 1 unspecified atom stereocenters. The van der Waals surface area contributed by atoms with Gasteiger partial charge in [0.05, 0.1) is 6.10 Å². The summed E-state index contributed by atoms with van der Waals surface area (Å²) in [5.74, 6) is 0. The average molecular weight is 151 g/mol. The van der Waals surface area contributed by atoms with Gasteiger partial charge in [0.2, 0.25) is 0 Å². The number of nitrogens with one attached hydrogen (secondary N) is 1. The van der Waals surface area contributed by atoms with E-state index in [0.29, 0.717) is 6.10 Å². The fraction of sp³-hybridized carbons (Fsp3) is 0.556. The van der Waals surface area contributed by atoms with E-state index in [2.05, 4.69) is 11.1 Å². The van der Waals surface area contributed by atoms with E-state index >= 15 is 0 Å². The van der Waals surface area contributed by atoms with E-state index in [-0.39, 0.29) is 0 Å². The maximum absolute atomic E-state index is 5.59. The molecule has 2 heterocycles. The molecular formula is C9H13NO. The predicted octanol–water partition coefficient (Wildman–Crippen LogP) is 2.26. The monoisotopic (exact) mass is 151 g/mol. The maximum Gasteiger partial charge on any atom is 0.0972 e. The molecule has 0 aromatic carbocycles. The molecule has 2 heteroatoms. The largest absolute Gasteiger partial charge is 0.372 e. The Morgan fingerprint density at radius 1 is 1.45 bits per heavy atom. The van der Waals surface area contributed by atoms with E-state index in [1.165, 1.54) is 25.0 Å². The molecule has 1 saturated heterocycles. The van der Waals surface area contributed by atoms with Gasteiger partial charge in [0.25, 0.3) is 0 Å². The second-order valence-electron chi connectivity index (χ2n) is 2.98. The van der Waals surface area contributed by atoms with Crippen LogP contribution in [0, 0.1) is 0 Å². The van der Waals surface area contributed by atoms with E-state index in [4.69, 9.17) is 4.74 Å². The summed E-state index contributed by atoms with van der Waals surface area (Å²) in [6.45, 7) is 0.920. The van der Waals surface area contributed by atoms with Gasteiger partial charge in [0, 0.05) is 18.5 Å². The molecule has 0 bridgehead atoms. The van der Waals surface area contributed by atoms with Gasteiger partial charge in [-0.3, -0.25) is 0 Å². The fourth-order valence-corrected chi connectivity index (χ4v) is 1.53. The Kier molecular flexibility index (Phi) is 1.95. The zero-order chi connectivity index (χ0) is 7.52. The molecule has 0 radical (unpaired) electrons. The molecular weight excluding hydrogens is 138 g/mol. The van der Waals surface area contributed by atoms with Crippen molar-refractivity contribution >= 4 is 0 Å². The normalized spacial score (nSPS) is 25.3. The van der Waals surface area contributed by atoms with Gasteiger partial charge in [-0.15, -0.1) is 0 Å². The van der Waals surface area contributed by atoms with Crippen molar-refractivity contribution in [3.8, 4) is 0 Å². The Balaban J connectivity index is 2.04. The lowest BCUT2D eigenvalue weighted by Crippen LogP contribution is -2.11. The molecule has 11 heavy (non-hydrogen) atoms. The molecule has 0 aliphatic carbocycles. The average Bonchev–Trinajstić information content (AvgIpc) is 2.58. The van der Waals surface area contributed by atoms with Crippen molar-refractivity contribution in [1.82, 2.24) is 4.98 Å². The van der Waals surface area contributed by atoms with Crippen LogP contribution in [-0.4, -0.2) is 11.6 Å². The van der Waals surface area contributed by atoms with Crippen molar-refractivity contribution in [3.63, 3.8) is 0 Å². The van der Waals surface area contributed by atoms with Gasteiger partial charge in [-0.05, 0) is 31.4 Å². The molecule has 1 aromatic rings. The van der Waals surface area contributed by atoms with Gasteiger partial charge in [-0.1, -0.05) is 0 Å². The number of ether oxygens (including phenoxy) is 1. The predicted molar refractivity (Wildman–Crippen MR) is 43.3 cm³/mol. The van der Waals surface area contributed by atoms with Crippen LogP contribution in [0.1, 0.15) is 31.1 Å². The smallest absolute Gasteiger partial charge is 0.0972 e. The first-order chi connectivity index (χ1) is 5.47. The first-order valence-electron chi connectivity index (χ1n) is 4.22. The minimum atomic E-state index is 0.332. The SMILES string of the molecule is c1c[nH]c(C2CCCCO2)c1. The van der Waals surface area contributed by atoms with Crippen LogP contribution < -0.4 is 0 Å². The standard InChI is InChI=1S/C9H13NO/c1-2-7-11-9(5-1)8-4-3-6-10-8/h3-4,6,9-10H,1-2,5,7H2. The zero-order valence-corrected chi connectivity index (χ0v) is 6.55. The lowest BCUT2D eigenvalue weighted by Gasteiger charge is -2.21. The fourth-order valence-electron chi connectivity index (χ4n) is 1.53. The Hall–Kier alpha value is -0.760. The first-order valence-corrected chi connectivity index (χ1v) is 4.22. The minimum absolute atomic E-state index is 0.332. The third-order valence-corrected chi connectivity index (χ3v) is 2.15. The molecule has 2 rings (SSSR count). The topological polar surface area (TPSA) is 25.0 Å². The second kappa shape index (κ2) is 3.09. The number of hydrogen-bond donors (Lipinski definition) is 1. The van der Waals surface area contributed by atoms with Crippen molar-refractivity contribution in [2.75, 3.05) is 6.61 Å². The summed E-state index contributed by atoms with van der Waals surface area (Å²) in [5.41, 5.74) is 1.23. The van der Waals surface area contributed by atoms with Crippen molar-refractivity contribution in [1.29, 1.82) is 0 Å². The third kappa shape index (κ3) is 1.46. The first kappa shape index (κ1) is 6.92. The summed E-state index contributed by atoms with van der Waals surface area (Å²) in [4.78, 5) is 3.18. The van der Waals surface area contributed by atoms with Crippen LogP contribution in [0.15, 0.2) is 18.3 Å². The van der Waals surface area contributed by atoms with E-state index in [9.17, 15) is 0 Å². The molecule has 1 aliphatic rings. The minimum Gasteiger partial charge on any atom is -0.372 e. The van der Waals surface area contributed by atoms with Gasteiger partial charge in [-0.2, -0.15) is 0 Å². The summed E-state index contributed by atoms with van der Waals surface area (Å²) in [5, 5.41) is 0. The van der Waals surface area contributed by atoms with Crippen LogP contribution >= 0.6 is 0 Å². The third-order valence-electron chi connectivity index (χ3n) is 2.15. The van der Waals surface area contributed by atoms with E-state index in [1.54, 1.807) is 0 Å². The van der Waals surface area contributed by atoms with Crippen LogP contribution in [0.5, 0.6) is 0 Å². The molecule has 0 saturated carbocycles. The van der Waals surface area contributed by atoms with Crippen molar-refractivity contribution in [3.05, 3.63) is 24.0 Å². The molecule has 2 nitrogen and oxygen atoms in total. The molecule has 0 spiro atoms. The summed E-state index contributed by atoms with van der Waals surface area (Å²) < 4.78 is 5.59. The Bertz CT molecular complexity index is 199. The Labute approximate surface area is 66.6 Å².